The van der Waals surface area contributed by atoms with Crippen molar-refractivity contribution in [3.05, 3.63) is 77.8 Å². The highest BCUT2D eigenvalue weighted by molar-refractivity contribution is 7.98. The average Bonchev–Trinajstić information content (AvgIpc) is 3.53. The summed E-state index contributed by atoms with van der Waals surface area (Å²) in [4.78, 5) is 0. The van der Waals surface area contributed by atoms with Crippen LogP contribution in [0.3, 0.4) is 0 Å². The molecule has 5 rings (SSSR count). The number of aromatic nitrogens is 5. The van der Waals surface area contributed by atoms with Crippen LogP contribution in [0.15, 0.2) is 58.8 Å². The molecule has 3 aromatic heterocycles. The van der Waals surface area contributed by atoms with E-state index in [2.05, 4.69) is 16.8 Å². The molecular weight excluding hydrogens is 413 g/mol. The maximum atomic E-state index is 13.4. The summed E-state index contributed by atoms with van der Waals surface area (Å²) < 4.78 is 22.8. The van der Waals surface area contributed by atoms with Gasteiger partial charge in [-0.15, -0.1) is 16.8 Å². The number of thioether (sulfide) groups is 1. The Morgan fingerprint density at radius 1 is 1.19 bits per heavy atom. The third kappa shape index (κ3) is 3.61. The summed E-state index contributed by atoms with van der Waals surface area (Å²) in [6.07, 6.45) is 6.62. The van der Waals surface area contributed by atoms with Gasteiger partial charge in [0.05, 0.1) is 23.2 Å². The van der Waals surface area contributed by atoms with Gasteiger partial charge in [-0.2, -0.15) is 5.10 Å². The number of allylic oxidation sites excluding steroid dienone is 1. The van der Waals surface area contributed by atoms with Gasteiger partial charge in [0.1, 0.15) is 11.6 Å². The Morgan fingerprint density at radius 3 is 2.77 bits per heavy atom. The Labute approximate surface area is 183 Å². The Bertz CT molecular complexity index is 1240. The van der Waals surface area contributed by atoms with Crippen molar-refractivity contribution < 1.29 is 8.81 Å². The average molecular weight is 436 g/mol. The van der Waals surface area contributed by atoms with Crippen molar-refractivity contribution in [2.24, 2.45) is 0 Å². The minimum absolute atomic E-state index is 0.242. The molecule has 1 aliphatic carbocycles. The van der Waals surface area contributed by atoms with Crippen molar-refractivity contribution in [1.82, 2.24) is 24.5 Å². The Hall–Kier alpha value is -3.13. The fourth-order valence-corrected chi connectivity index (χ4v) is 4.98. The van der Waals surface area contributed by atoms with Gasteiger partial charge < -0.3 is 4.42 Å². The van der Waals surface area contributed by atoms with Gasteiger partial charge in [-0.3, -0.25) is 4.57 Å². The molecule has 0 unspecified atom stereocenters. The first kappa shape index (κ1) is 19.8. The number of hydrogen-bond acceptors (Lipinski definition) is 5. The van der Waals surface area contributed by atoms with E-state index in [4.69, 9.17) is 9.52 Å². The quantitative estimate of drug-likeness (QED) is 0.297. The molecule has 31 heavy (non-hydrogen) atoms. The van der Waals surface area contributed by atoms with E-state index in [0.29, 0.717) is 12.3 Å². The third-order valence-electron chi connectivity index (χ3n) is 5.55. The molecule has 0 spiro atoms. The van der Waals surface area contributed by atoms with E-state index in [9.17, 15) is 4.39 Å². The molecule has 6 nitrogen and oxygen atoms in total. The molecule has 0 amide bonds. The van der Waals surface area contributed by atoms with E-state index in [1.54, 1.807) is 30.2 Å². The van der Waals surface area contributed by atoms with E-state index in [1.807, 2.05) is 28.3 Å². The predicted octanol–water partition coefficient (Wildman–Crippen LogP) is 5.14. The zero-order valence-corrected chi connectivity index (χ0v) is 18.0. The van der Waals surface area contributed by atoms with Gasteiger partial charge in [-0.05, 0) is 62.1 Å². The lowest BCUT2D eigenvalue weighted by atomic mass is 10.2. The monoisotopic (exact) mass is 435 g/mol. The van der Waals surface area contributed by atoms with Gasteiger partial charge in [0.15, 0.2) is 11.0 Å². The maximum absolute atomic E-state index is 13.4. The second-order valence-electron chi connectivity index (χ2n) is 7.50. The first-order chi connectivity index (χ1) is 15.2. The minimum atomic E-state index is -0.242. The van der Waals surface area contributed by atoms with Crippen LogP contribution in [-0.4, -0.2) is 24.5 Å². The normalized spacial score (nSPS) is 13.0. The molecule has 0 saturated heterocycles. The number of hydrogen-bond donors (Lipinski definition) is 0. The summed E-state index contributed by atoms with van der Waals surface area (Å²) in [5.41, 5.74) is 5.41. The molecule has 4 aromatic rings. The first-order valence-corrected chi connectivity index (χ1v) is 11.2. The number of halogens is 1. The number of rotatable bonds is 7. The lowest BCUT2D eigenvalue weighted by Gasteiger charge is -2.07. The van der Waals surface area contributed by atoms with Gasteiger partial charge in [0.2, 0.25) is 0 Å². The van der Waals surface area contributed by atoms with E-state index in [1.165, 1.54) is 23.4 Å². The van der Waals surface area contributed by atoms with Crippen LogP contribution in [0.25, 0.3) is 17.1 Å². The fourth-order valence-electron chi connectivity index (χ4n) is 4.06. The van der Waals surface area contributed by atoms with Crippen LogP contribution in [0.4, 0.5) is 4.39 Å². The van der Waals surface area contributed by atoms with Gasteiger partial charge in [0.25, 0.3) is 0 Å². The van der Waals surface area contributed by atoms with Crippen LogP contribution in [0.5, 0.6) is 0 Å². The largest absolute Gasteiger partial charge is 0.469 e. The highest BCUT2D eigenvalue weighted by atomic mass is 32.2. The summed E-state index contributed by atoms with van der Waals surface area (Å²) in [5, 5.41) is 14.5. The molecular formula is C23H22FN5OS. The standard InChI is InChI=1S/C23H22FN5OS/c1-3-12-28-22(18-11-13-30-15(18)2)25-26-23(28)31-14-20-19-5-4-6-21(19)29(27-20)17-9-7-16(24)8-10-17/h3,7-11,13H,1,4-6,12,14H2,2H3. The van der Waals surface area contributed by atoms with Gasteiger partial charge in [-0.25, -0.2) is 9.07 Å². The molecule has 0 aliphatic heterocycles. The Balaban J connectivity index is 1.44. The Morgan fingerprint density at radius 2 is 2.03 bits per heavy atom. The van der Waals surface area contributed by atoms with Crippen molar-refractivity contribution in [1.29, 1.82) is 0 Å². The summed E-state index contributed by atoms with van der Waals surface area (Å²) >= 11 is 1.62. The van der Waals surface area contributed by atoms with Crippen LogP contribution in [-0.2, 0) is 25.1 Å². The SMILES string of the molecule is C=CCn1c(SCc2nn(-c3ccc(F)cc3)c3c2CCC3)nnc1-c1ccoc1C. The molecule has 1 aliphatic rings. The molecule has 158 valence electrons. The molecule has 0 bridgehead atoms. The summed E-state index contributed by atoms with van der Waals surface area (Å²) in [6, 6.07) is 8.41. The number of fused-ring (bicyclic) bond motifs is 1. The maximum Gasteiger partial charge on any atom is 0.192 e. The summed E-state index contributed by atoms with van der Waals surface area (Å²) in [6.45, 7) is 6.40. The zero-order chi connectivity index (χ0) is 21.4. The molecule has 0 atom stereocenters. The highest BCUT2D eigenvalue weighted by Crippen LogP contribution is 2.33. The van der Waals surface area contributed by atoms with Crippen molar-refractivity contribution >= 4 is 11.8 Å². The van der Waals surface area contributed by atoms with Crippen LogP contribution in [0, 0.1) is 12.7 Å². The molecule has 8 heteroatoms. The van der Waals surface area contributed by atoms with Crippen LogP contribution in [0.2, 0.25) is 0 Å². The molecule has 3 heterocycles. The molecule has 1 aromatic carbocycles. The van der Waals surface area contributed by atoms with Crippen LogP contribution >= 0.6 is 11.8 Å². The highest BCUT2D eigenvalue weighted by Gasteiger charge is 2.24. The lowest BCUT2D eigenvalue weighted by molar-refractivity contribution is 0.534. The topological polar surface area (TPSA) is 61.7 Å². The van der Waals surface area contributed by atoms with Crippen molar-refractivity contribution in [3.8, 4) is 17.1 Å². The third-order valence-corrected chi connectivity index (χ3v) is 6.53. The van der Waals surface area contributed by atoms with Crippen LogP contribution in [0.1, 0.15) is 29.1 Å². The van der Waals surface area contributed by atoms with E-state index < -0.39 is 0 Å². The van der Waals surface area contributed by atoms with Crippen molar-refractivity contribution in [2.45, 2.75) is 43.6 Å². The van der Waals surface area contributed by atoms with E-state index in [0.717, 1.165) is 52.9 Å². The molecule has 0 fully saturated rings. The van der Waals surface area contributed by atoms with Crippen molar-refractivity contribution in [2.75, 3.05) is 0 Å². The first-order valence-electron chi connectivity index (χ1n) is 10.2. The van der Waals surface area contributed by atoms with E-state index in [-0.39, 0.29) is 5.82 Å². The second-order valence-corrected chi connectivity index (χ2v) is 8.44. The fraction of sp³-hybridized carbons (Fsp3) is 0.261. The number of benzene rings is 1. The van der Waals surface area contributed by atoms with E-state index >= 15 is 0 Å². The van der Waals surface area contributed by atoms with Crippen molar-refractivity contribution in [3.63, 3.8) is 0 Å². The summed E-state index contributed by atoms with van der Waals surface area (Å²) in [5.74, 6) is 2.03. The van der Waals surface area contributed by atoms with Gasteiger partial charge in [-0.1, -0.05) is 17.8 Å². The van der Waals surface area contributed by atoms with Crippen LogP contribution < -0.4 is 0 Å². The van der Waals surface area contributed by atoms with Gasteiger partial charge >= 0.3 is 0 Å². The molecule has 0 radical (unpaired) electrons. The predicted molar refractivity (Wildman–Crippen MR) is 118 cm³/mol. The minimum Gasteiger partial charge on any atom is -0.469 e. The lowest BCUT2D eigenvalue weighted by Crippen LogP contribution is -2.02. The molecule has 0 saturated carbocycles. The number of nitrogens with zero attached hydrogens (tertiary/aromatic N) is 5. The zero-order valence-electron chi connectivity index (χ0n) is 17.2. The number of furan rings is 1. The second kappa shape index (κ2) is 8.19. The Kier molecular flexibility index (Phi) is 5.23. The van der Waals surface area contributed by atoms with Gasteiger partial charge in [0, 0.05) is 18.0 Å². The number of aryl methyl sites for hydroxylation is 1. The summed E-state index contributed by atoms with van der Waals surface area (Å²) in [7, 11) is 0. The molecule has 0 N–H and O–H groups in total. The smallest absolute Gasteiger partial charge is 0.192 e.